The third kappa shape index (κ3) is 4.23. The van der Waals surface area contributed by atoms with Crippen LogP contribution in [0.2, 0.25) is 0 Å². The molecule has 1 aliphatic rings. The molecule has 1 aromatic carbocycles. The van der Waals surface area contributed by atoms with Crippen LogP contribution in [0.15, 0.2) is 35.1 Å². The predicted molar refractivity (Wildman–Crippen MR) is 94.4 cm³/mol. The zero-order valence-corrected chi connectivity index (χ0v) is 14.6. The fraction of sp³-hybridized carbons (Fsp3) is 0.474. The van der Waals surface area contributed by atoms with Gasteiger partial charge in [-0.05, 0) is 51.4 Å². The number of likely N-dealkylation sites (tertiary alicyclic amines) is 1. The molecule has 128 valence electrons. The van der Waals surface area contributed by atoms with Crippen molar-refractivity contribution < 1.29 is 4.74 Å². The fourth-order valence-corrected chi connectivity index (χ4v) is 3.23. The molecule has 24 heavy (non-hydrogen) atoms. The van der Waals surface area contributed by atoms with E-state index in [-0.39, 0.29) is 11.7 Å². The molecule has 1 saturated heterocycles. The molecule has 2 heterocycles. The normalized spacial score (nSPS) is 18.2. The molecule has 1 N–H and O–H groups in total. The van der Waals surface area contributed by atoms with Gasteiger partial charge in [0.25, 0.3) is 5.56 Å². The summed E-state index contributed by atoms with van der Waals surface area (Å²) in [6.45, 7) is 8.78. The van der Waals surface area contributed by atoms with Crippen LogP contribution in [0.4, 0.5) is 0 Å². The number of benzene rings is 1. The van der Waals surface area contributed by atoms with Crippen molar-refractivity contribution in [2.75, 3.05) is 13.1 Å². The molecule has 1 atom stereocenters. The number of hydrogen-bond donors (Lipinski definition) is 1. The lowest BCUT2D eigenvalue weighted by Gasteiger charge is -2.17. The summed E-state index contributed by atoms with van der Waals surface area (Å²) in [7, 11) is 0. The molecule has 5 heteroatoms. The van der Waals surface area contributed by atoms with E-state index in [1.165, 1.54) is 5.56 Å². The Labute approximate surface area is 142 Å². The average Bonchev–Trinajstić information content (AvgIpc) is 2.96. The van der Waals surface area contributed by atoms with Crippen LogP contribution in [0.1, 0.15) is 43.3 Å². The lowest BCUT2D eigenvalue weighted by Crippen LogP contribution is -2.20. The van der Waals surface area contributed by atoms with Crippen LogP contribution in [-0.2, 0) is 6.54 Å². The molecule has 2 aromatic rings. The monoisotopic (exact) mass is 327 g/mol. The van der Waals surface area contributed by atoms with Gasteiger partial charge in [0.05, 0.1) is 11.8 Å². The molecule has 0 saturated carbocycles. The maximum atomic E-state index is 11.6. The van der Waals surface area contributed by atoms with E-state index in [1.54, 1.807) is 6.07 Å². The maximum absolute atomic E-state index is 11.6. The van der Waals surface area contributed by atoms with Crippen molar-refractivity contribution in [1.82, 2.24) is 14.9 Å². The van der Waals surface area contributed by atoms with Gasteiger partial charge in [0.1, 0.15) is 11.6 Å². The number of ether oxygens (including phenoxy) is 1. The quantitative estimate of drug-likeness (QED) is 0.917. The third-order valence-corrected chi connectivity index (χ3v) is 4.27. The number of aromatic nitrogens is 2. The van der Waals surface area contributed by atoms with E-state index in [1.807, 2.05) is 32.9 Å². The van der Waals surface area contributed by atoms with Crippen molar-refractivity contribution in [3.63, 3.8) is 0 Å². The summed E-state index contributed by atoms with van der Waals surface area (Å²) in [5, 5.41) is 0. The Morgan fingerprint density at radius 1 is 1.33 bits per heavy atom. The molecule has 0 radical (unpaired) electrons. The van der Waals surface area contributed by atoms with E-state index >= 15 is 0 Å². The van der Waals surface area contributed by atoms with Crippen LogP contribution in [0.25, 0.3) is 0 Å². The molecule has 0 spiro atoms. The van der Waals surface area contributed by atoms with Gasteiger partial charge in [0.15, 0.2) is 0 Å². The van der Waals surface area contributed by atoms with Crippen LogP contribution in [-0.4, -0.2) is 34.1 Å². The summed E-state index contributed by atoms with van der Waals surface area (Å²) < 4.78 is 5.68. The molecule has 1 aromatic heterocycles. The highest BCUT2D eigenvalue weighted by molar-refractivity contribution is 5.27. The zero-order valence-electron chi connectivity index (χ0n) is 14.6. The predicted octanol–water partition coefficient (Wildman–Crippen LogP) is 2.86. The Morgan fingerprint density at radius 3 is 2.75 bits per heavy atom. The Morgan fingerprint density at radius 2 is 2.08 bits per heavy atom. The molecule has 5 nitrogen and oxygen atoms in total. The Kier molecular flexibility index (Phi) is 5.00. The molecule has 0 amide bonds. The van der Waals surface area contributed by atoms with Crippen molar-refractivity contribution in [2.45, 2.75) is 45.8 Å². The Bertz CT molecular complexity index is 737. The number of aryl methyl sites for hydroxylation is 1. The first kappa shape index (κ1) is 16.7. The lowest BCUT2D eigenvalue weighted by molar-refractivity contribution is 0.242. The highest BCUT2D eigenvalue weighted by Gasteiger charge is 2.25. The summed E-state index contributed by atoms with van der Waals surface area (Å²) >= 11 is 0. The molecule has 0 aliphatic carbocycles. The van der Waals surface area contributed by atoms with Gasteiger partial charge in [-0.1, -0.05) is 12.1 Å². The first-order chi connectivity index (χ1) is 11.5. The number of rotatable bonds is 5. The van der Waals surface area contributed by atoms with Crippen molar-refractivity contribution in [3.8, 4) is 5.75 Å². The smallest absolute Gasteiger partial charge is 0.251 e. The first-order valence-corrected chi connectivity index (χ1v) is 8.55. The molecule has 1 aliphatic heterocycles. The second kappa shape index (κ2) is 7.18. The standard InChI is InChI=1S/C19H25N3O2/c1-13(2)24-17-6-4-15(5-7-17)11-22-9-8-16(12-22)18-10-19(23)21-14(3)20-18/h4-7,10,13,16H,8-9,11-12H2,1-3H3,(H,20,21,23)/t16-/m0/s1. The van der Waals surface area contributed by atoms with Crippen LogP contribution in [0.3, 0.4) is 0 Å². The zero-order chi connectivity index (χ0) is 17.1. The van der Waals surface area contributed by atoms with E-state index in [2.05, 4.69) is 27.0 Å². The van der Waals surface area contributed by atoms with Crippen molar-refractivity contribution in [1.29, 1.82) is 0 Å². The number of nitrogens with zero attached hydrogens (tertiary/aromatic N) is 2. The summed E-state index contributed by atoms with van der Waals surface area (Å²) in [4.78, 5) is 21.3. The van der Waals surface area contributed by atoms with Crippen molar-refractivity contribution in [2.24, 2.45) is 0 Å². The first-order valence-electron chi connectivity index (χ1n) is 8.55. The van der Waals surface area contributed by atoms with E-state index in [4.69, 9.17) is 4.74 Å². The number of nitrogens with one attached hydrogen (secondary N) is 1. The second-order valence-electron chi connectivity index (χ2n) is 6.79. The van der Waals surface area contributed by atoms with Gasteiger partial charge in [-0.2, -0.15) is 0 Å². The van der Waals surface area contributed by atoms with E-state index in [9.17, 15) is 4.79 Å². The number of aromatic amines is 1. The molecule has 0 unspecified atom stereocenters. The van der Waals surface area contributed by atoms with Crippen LogP contribution in [0.5, 0.6) is 5.75 Å². The Hall–Kier alpha value is -2.14. The van der Waals surface area contributed by atoms with E-state index in [0.29, 0.717) is 11.7 Å². The number of hydrogen-bond acceptors (Lipinski definition) is 4. The SMILES string of the molecule is Cc1nc([C@H]2CCN(Cc3ccc(OC(C)C)cc3)C2)cc(=O)[nH]1. The lowest BCUT2D eigenvalue weighted by atomic mass is 10.0. The third-order valence-electron chi connectivity index (χ3n) is 4.27. The summed E-state index contributed by atoms with van der Waals surface area (Å²) in [6.07, 6.45) is 1.24. The van der Waals surface area contributed by atoms with Crippen molar-refractivity contribution >= 4 is 0 Å². The van der Waals surface area contributed by atoms with Gasteiger partial charge in [-0.15, -0.1) is 0 Å². The minimum Gasteiger partial charge on any atom is -0.491 e. The van der Waals surface area contributed by atoms with Gasteiger partial charge in [-0.25, -0.2) is 4.98 Å². The van der Waals surface area contributed by atoms with E-state index in [0.717, 1.165) is 37.5 Å². The Balaban J connectivity index is 1.60. The molecule has 3 rings (SSSR count). The molecular formula is C19H25N3O2. The topological polar surface area (TPSA) is 58.2 Å². The van der Waals surface area contributed by atoms with E-state index < -0.39 is 0 Å². The molecular weight excluding hydrogens is 302 g/mol. The maximum Gasteiger partial charge on any atom is 0.251 e. The summed E-state index contributed by atoms with van der Waals surface area (Å²) in [6, 6.07) is 9.95. The molecule has 0 bridgehead atoms. The van der Waals surface area contributed by atoms with Crippen LogP contribution in [0, 0.1) is 6.92 Å². The minimum absolute atomic E-state index is 0.0586. The minimum atomic E-state index is -0.0586. The van der Waals surface area contributed by atoms with Crippen molar-refractivity contribution in [3.05, 3.63) is 57.8 Å². The second-order valence-corrected chi connectivity index (χ2v) is 6.79. The van der Waals surface area contributed by atoms with Crippen LogP contribution >= 0.6 is 0 Å². The van der Waals surface area contributed by atoms with Gasteiger partial charge < -0.3 is 9.72 Å². The fourth-order valence-electron chi connectivity index (χ4n) is 3.23. The highest BCUT2D eigenvalue weighted by Crippen LogP contribution is 2.26. The van der Waals surface area contributed by atoms with Crippen LogP contribution < -0.4 is 10.3 Å². The van der Waals surface area contributed by atoms with Gasteiger partial charge in [-0.3, -0.25) is 9.69 Å². The van der Waals surface area contributed by atoms with Gasteiger partial charge in [0.2, 0.25) is 0 Å². The summed E-state index contributed by atoms with van der Waals surface area (Å²) in [5.74, 6) is 1.95. The largest absolute Gasteiger partial charge is 0.491 e. The summed E-state index contributed by atoms with van der Waals surface area (Å²) in [5.41, 5.74) is 2.14. The molecule has 1 fully saturated rings. The number of H-pyrrole nitrogens is 1. The average molecular weight is 327 g/mol. The van der Waals surface area contributed by atoms with Gasteiger partial charge >= 0.3 is 0 Å². The highest BCUT2D eigenvalue weighted by atomic mass is 16.5. The van der Waals surface area contributed by atoms with Gasteiger partial charge in [0, 0.05) is 25.1 Å².